The Morgan fingerprint density at radius 3 is 2.88 bits per heavy atom. The van der Waals surface area contributed by atoms with Gasteiger partial charge in [0.25, 0.3) is 0 Å². The lowest BCUT2D eigenvalue weighted by atomic mass is 10.1. The zero-order valence-electron chi connectivity index (χ0n) is 9.01. The maximum absolute atomic E-state index is 11.6. The summed E-state index contributed by atoms with van der Waals surface area (Å²) in [4.78, 5) is 28.4. The van der Waals surface area contributed by atoms with Gasteiger partial charge >= 0.3 is 6.03 Å². The second-order valence-corrected chi connectivity index (χ2v) is 3.73. The molecule has 1 aromatic heterocycles. The minimum absolute atomic E-state index is 0.116. The zero-order valence-corrected chi connectivity index (χ0v) is 9.01. The molecule has 1 saturated heterocycles. The zero-order chi connectivity index (χ0) is 11.5. The van der Waals surface area contributed by atoms with Crippen LogP contribution in [0.3, 0.4) is 0 Å². The molecule has 0 spiro atoms. The molecule has 84 valence electrons. The molecule has 0 radical (unpaired) electrons. The highest BCUT2D eigenvalue weighted by atomic mass is 16.2. The van der Waals surface area contributed by atoms with Gasteiger partial charge in [0.05, 0.1) is 11.7 Å². The molecule has 0 saturated carbocycles. The quantitative estimate of drug-likeness (QED) is 0.809. The lowest BCUT2D eigenvalue weighted by Crippen LogP contribution is -2.50. The van der Waals surface area contributed by atoms with Crippen molar-refractivity contribution >= 4 is 11.9 Å². The predicted octanol–water partition coefficient (Wildman–Crippen LogP) is 1.08. The number of imide groups is 1. The van der Waals surface area contributed by atoms with Crippen molar-refractivity contribution in [2.45, 2.75) is 19.4 Å². The number of pyridine rings is 1. The van der Waals surface area contributed by atoms with Crippen molar-refractivity contribution < 1.29 is 9.59 Å². The van der Waals surface area contributed by atoms with Crippen molar-refractivity contribution in [1.82, 2.24) is 15.2 Å². The Labute approximate surface area is 93.5 Å². The summed E-state index contributed by atoms with van der Waals surface area (Å²) < 4.78 is 0. The Bertz CT molecular complexity index is 405. The van der Waals surface area contributed by atoms with Crippen LogP contribution in [0.25, 0.3) is 0 Å². The lowest BCUT2D eigenvalue weighted by molar-refractivity contribution is -0.121. The first-order valence-electron chi connectivity index (χ1n) is 5.20. The molecular formula is C11H13N3O2. The van der Waals surface area contributed by atoms with Crippen molar-refractivity contribution in [1.29, 1.82) is 0 Å². The molecule has 1 fully saturated rings. The molecule has 5 nitrogen and oxygen atoms in total. The van der Waals surface area contributed by atoms with Crippen LogP contribution in [0.2, 0.25) is 0 Å². The van der Waals surface area contributed by atoms with Gasteiger partial charge in [0, 0.05) is 19.2 Å². The molecule has 1 N–H and O–H groups in total. The Balaban J connectivity index is 2.13. The molecule has 0 aliphatic carbocycles. The van der Waals surface area contributed by atoms with E-state index in [9.17, 15) is 9.59 Å². The van der Waals surface area contributed by atoms with E-state index in [1.807, 2.05) is 25.1 Å². The predicted molar refractivity (Wildman–Crippen MR) is 57.5 cm³/mol. The van der Waals surface area contributed by atoms with Crippen molar-refractivity contribution in [2.24, 2.45) is 0 Å². The van der Waals surface area contributed by atoms with Crippen LogP contribution in [0, 0.1) is 0 Å². The van der Waals surface area contributed by atoms with E-state index in [4.69, 9.17) is 0 Å². The van der Waals surface area contributed by atoms with E-state index in [1.165, 1.54) is 0 Å². The van der Waals surface area contributed by atoms with Crippen LogP contribution in [0.4, 0.5) is 4.79 Å². The molecule has 1 unspecified atom stereocenters. The fourth-order valence-electron chi connectivity index (χ4n) is 1.73. The molecule has 3 amide bonds. The van der Waals surface area contributed by atoms with E-state index < -0.39 is 0 Å². The highest BCUT2D eigenvalue weighted by molar-refractivity contribution is 5.96. The lowest BCUT2D eigenvalue weighted by Gasteiger charge is -2.31. The summed E-state index contributed by atoms with van der Waals surface area (Å²) in [6.07, 6.45) is 2.04. The van der Waals surface area contributed by atoms with Crippen molar-refractivity contribution in [3.05, 3.63) is 30.1 Å². The highest BCUT2D eigenvalue weighted by Gasteiger charge is 2.27. The maximum Gasteiger partial charge on any atom is 0.324 e. The van der Waals surface area contributed by atoms with Gasteiger partial charge in [-0.15, -0.1) is 0 Å². The van der Waals surface area contributed by atoms with E-state index in [2.05, 4.69) is 10.3 Å². The Morgan fingerprint density at radius 2 is 2.25 bits per heavy atom. The van der Waals surface area contributed by atoms with Gasteiger partial charge < -0.3 is 4.90 Å². The third kappa shape index (κ3) is 2.03. The second-order valence-electron chi connectivity index (χ2n) is 3.73. The minimum atomic E-state index is -0.339. The summed E-state index contributed by atoms with van der Waals surface area (Å²) in [5.41, 5.74) is 0.826. The third-order valence-electron chi connectivity index (χ3n) is 2.67. The van der Waals surface area contributed by atoms with Gasteiger partial charge in [-0.25, -0.2) is 4.79 Å². The van der Waals surface area contributed by atoms with E-state index in [0.717, 1.165) is 5.69 Å². The molecule has 0 aromatic carbocycles. The highest BCUT2D eigenvalue weighted by Crippen LogP contribution is 2.19. The summed E-state index contributed by atoms with van der Waals surface area (Å²) in [5.74, 6) is -0.213. The normalized spacial score (nSPS) is 18.2. The van der Waals surface area contributed by atoms with E-state index >= 15 is 0 Å². The Hall–Kier alpha value is -1.91. The molecule has 1 aliphatic heterocycles. The maximum atomic E-state index is 11.6. The molecule has 16 heavy (non-hydrogen) atoms. The monoisotopic (exact) mass is 219 g/mol. The van der Waals surface area contributed by atoms with Crippen LogP contribution in [-0.4, -0.2) is 28.4 Å². The molecule has 1 aromatic rings. The average molecular weight is 219 g/mol. The molecule has 1 atom stereocenters. The van der Waals surface area contributed by atoms with Crippen molar-refractivity contribution in [2.75, 3.05) is 6.54 Å². The first kappa shape index (κ1) is 10.6. The van der Waals surface area contributed by atoms with Crippen LogP contribution in [-0.2, 0) is 4.79 Å². The van der Waals surface area contributed by atoms with Crippen LogP contribution in [0.15, 0.2) is 24.4 Å². The standard InChI is InChI=1S/C11H13N3O2/c1-8(9-4-2-3-6-12-9)14-7-5-10(15)13-11(14)16/h2-4,6,8H,5,7H2,1H3,(H,13,15,16). The third-order valence-corrected chi connectivity index (χ3v) is 2.67. The summed E-state index contributed by atoms with van der Waals surface area (Å²) in [6, 6.07) is 5.12. The van der Waals surface area contributed by atoms with E-state index in [0.29, 0.717) is 13.0 Å². The fourth-order valence-corrected chi connectivity index (χ4v) is 1.73. The van der Waals surface area contributed by atoms with E-state index in [1.54, 1.807) is 11.1 Å². The van der Waals surface area contributed by atoms with E-state index in [-0.39, 0.29) is 18.0 Å². The van der Waals surface area contributed by atoms with Crippen LogP contribution >= 0.6 is 0 Å². The number of nitrogens with zero attached hydrogens (tertiary/aromatic N) is 2. The summed E-state index contributed by atoms with van der Waals surface area (Å²) in [6.45, 7) is 2.35. The number of aromatic nitrogens is 1. The SMILES string of the molecule is CC(c1ccccn1)N1CCC(=O)NC1=O. The largest absolute Gasteiger partial charge is 0.324 e. The van der Waals surface area contributed by atoms with Gasteiger partial charge in [-0.1, -0.05) is 6.07 Å². The van der Waals surface area contributed by atoms with Gasteiger partial charge in [0.2, 0.25) is 5.91 Å². The Morgan fingerprint density at radius 1 is 1.44 bits per heavy atom. The van der Waals surface area contributed by atoms with Crippen molar-refractivity contribution in [3.8, 4) is 0 Å². The van der Waals surface area contributed by atoms with Gasteiger partial charge in [0.1, 0.15) is 0 Å². The number of rotatable bonds is 2. The fraction of sp³-hybridized carbons (Fsp3) is 0.364. The number of amides is 3. The minimum Gasteiger partial charge on any atom is -0.316 e. The average Bonchev–Trinajstić information content (AvgIpc) is 2.29. The molecule has 5 heteroatoms. The summed E-state index contributed by atoms with van der Waals surface area (Å²) in [5, 5.41) is 2.30. The van der Waals surface area contributed by atoms with Crippen LogP contribution < -0.4 is 5.32 Å². The first-order chi connectivity index (χ1) is 7.68. The smallest absolute Gasteiger partial charge is 0.316 e. The number of hydrogen-bond donors (Lipinski definition) is 1. The number of carbonyl (C=O) groups is 2. The number of hydrogen-bond acceptors (Lipinski definition) is 3. The first-order valence-corrected chi connectivity index (χ1v) is 5.20. The number of carbonyl (C=O) groups excluding carboxylic acids is 2. The molecule has 2 rings (SSSR count). The van der Waals surface area contributed by atoms with Gasteiger partial charge in [0.15, 0.2) is 0 Å². The summed E-state index contributed by atoms with van der Waals surface area (Å²) >= 11 is 0. The summed E-state index contributed by atoms with van der Waals surface area (Å²) in [7, 11) is 0. The van der Waals surface area contributed by atoms with Crippen LogP contribution in [0.5, 0.6) is 0 Å². The second kappa shape index (κ2) is 4.30. The van der Waals surface area contributed by atoms with Crippen molar-refractivity contribution in [3.63, 3.8) is 0 Å². The molecule has 0 bridgehead atoms. The number of urea groups is 1. The molecule has 2 heterocycles. The molecule has 1 aliphatic rings. The van der Waals surface area contributed by atoms with Crippen LogP contribution in [0.1, 0.15) is 25.1 Å². The molecular weight excluding hydrogens is 206 g/mol. The van der Waals surface area contributed by atoms with Gasteiger partial charge in [-0.05, 0) is 19.1 Å². The number of nitrogens with one attached hydrogen (secondary N) is 1. The topological polar surface area (TPSA) is 62.3 Å². The van der Waals surface area contributed by atoms with Gasteiger partial charge in [-0.2, -0.15) is 0 Å². The van der Waals surface area contributed by atoms with Gasteiger partial charge in [-0.3, -0.25) is 15.1 Å². The Kier molecular flexibility index (Phi) is 2.85.